The first-order valence-electron chi connectivity index (χ1n) is 25.1. The molecule has 0 amide bonds. The zero-order chi connectivity index (χ0) is 49.8. The van der Waals surface area contributed by atoms with E-state index in [-0.39, 0.29) is 0 Å². The summed E-state index contributed by atoms with van der Waals surface area (Å²) >= 11 is 2.48. The van der Waals surface area contributed by atoms with Gasteiger partial charge in [-0.15, -0.1) is 0 Å². The molecule has 7 heteroatoms. The molecule has 0 N–H and O–H groups in total. The molecule has 0 saturated heterocycles. The second-order valence-electron chi connectivity index (χ2n) is 19.3. The zero-order valence-electron chi connectivity index (χ0n) is 40.4. The molecule has 1 spiro atoms. The van der Waals surface area contributed by atoms with Gasteiger partial charge in [0.05, 0.1) is 5.41 Å². The Morgan fingerprint density at radius 1 is 0.467 bits per heavy atom. The van der Waals surface area contributed by atoms with Crippen LogP contribution in [0.3, 0.4) is 0 Å². The molecule has 4 heterocycles. The van der Waals surface area contributed by atoms with Crippen LogP contribution >= 0.6 is 0 Å². The number of ether oxygens (including phenoxy) is 2. The van der Waals surface area contributed by atoms with E-state index in [1.165, 1.54) is 22.3 Å². The summed E-state index contributed by atoms with van der Waals surface area (Å²) in [4.78, 5) is 5.02. The summed E-state index contributed by atoms with van der Waals surface area (Å²) in [6.07, 6.45) is 1.89. The minimum atomic E-state index is -0.622. The van der Waals surface area contributed by atoms with Gasteiger partial charge in [0.2, 0.25) is 0 Å². The van der Waals surface area contributed by atoms with E-state index in [1.54, 1.807) is 0 Å². The maximum absolute atomic E-state index is 6.87. The second kappa shape index (κ2) is 17.0. The molecular weight excluding hydrogens is 1100 g/mol. The number of hydrogen-bond acceptors (Lipinski definition) is 3. The average Bonchev–Trinajstić information content (AvgIpc) is 4.06. The van der Waals surface area contributed by atoms with Crippen molar-refractivity contribution in [1.82, 2.24) is 18.7 Å². The fourth-order valence-corrected chi connectivity index (χ4v) is 13.1. The molecule has 1 aliphatic heterocycles. The van der Waals surface area contributed by atoms with Crippen LogP contribution in [0.1, 0.15) is 27.8 Å². The number of hydrogen-bond donors (Lipinski definition) is 0. The molecular formula is C68H42N4O2Pt-2. The van der Waals surface area contributed by atoms with Crippen LogP contribution in [0.5, 0.6) is 23.0 Å². The normalized spacial score (nSPS) is 12.9. The number of aromatic nitrogens is 4. The monoisotopic (exact) mass is 1140 g/mol. The standard InChI is InChI=1S/C68H42N4O2.Pt/c1-44-36-37-69-66(38-44)72-62-40-49(34-35-53(62)55-41-54-52-24-8-9-27-56(52)68(59(54)42-63(55)72)57-28-10-14-32-64(57)74-65-33-15-11-29-58(65)68)73-48-23-16-22-47(39-48)70-43-71(61-31-13-12-30-60(61)70)67-50(45-18-4-2-5-19-45)25-17-26-51(67)46-20-6-3-7-21-46;/h2-38,41-42H,1H3;/q-2;. The number of fused-ring (bicyclic) bond motifs is 13. The molecule has 10 aromatic carbocycles. The summed E-state index contributed by atoms with van der Waals surface area (Å²) in [5, 5.41) is 2.16. The summed E-state index contributed by atoms with van der Waals surface area (Å²) in [7, 11) is 0. The molecule has 15 rings (SSSR count). The summed E-state index contributed by atoms with van der Waals surface area (Å²) in [6, 6.07) is 89.1. The minimum absolute atomic E-state index is 0.570. The fourth-order valence-electron chi connectivity index (χ4n) is 12.0. The Hall–Kier alpha value is -9.09. The molecule has 0 bridgehead atoms. The number of para-hydroxylation sites is 5. The quantitative estimate of drug-likeness (QED) is 0.149. The van der Waals surface area contributed by atoms with Crippen molar-refractivity contribution in [3.05, 3.63) is 280 Å². The molecule has 3 aromatic heterocycles. The molecule has 0 fully saturated rings. The first-order chi connectivity index (χ1) is 37.0. The van der Waals surface area contributed by atoms with Gasteiger partial charge in [-0.2, -0.15) is 0 Å². The number of rotatable bonds is 7. The summed E-state index contributed by atoms with van der Waals surface area (Å²) in [5.41, 5.74) is 18.1. The van der Waals surface area contributed by atoms with Crippen molar-refractivity contribution in [3.63, 3.8) is 0 Å². The summed E-state index contributed by atoms with van der Waals surface area (Å²) < 4.78 is 21.5. The number of nitrogens with zero attached hydrogens (tertiary/aromatic N) is 4. The van der Waals surface area contributed by atoms with Crippen LogP contribution in [0.15, 0.2) is 237 Å². The molecule has 6 nitrogen and oxygen atoms in total. The Labute approximate surface area is 444 Å². The van der Waals surface area contributed by atoms with Crippen LogP contribution < -0.4 is 9.47 Å². The first kappa shape index (κ1) is 43.5. The van der Waals surface area contributed by atoms with Crippen molar-refractivity contribution in [2.24, 2.45) is 0 Å². The molecule has 2 aliphatic rings. The molecule has 13 aromatic rings. The van der Waals surface area contributed by atoms with E-state index in [0.717, 1.165) is 104 Å². The molecule has 0 saturated carbocycles. The van der Waals surface area contributed by atoms with E-state index < -0.39 is 5.41 Å². The van der Waals surface area contributed by atoms with Gasteiger partial charge in [-0.1, -0.05) is 60.7 Å². The molecule has 0 atom stereocenters. The third kappa shape index (κ3) is 6.56. The molecule has 0 radical (unpaired) electrons. The number of benzene rings is 10. The van der Waals surface area contributed by atoms with Gasteiger partial charge >= 0.3 is 294 Å². The molecule has 75 heavy (non-hydrogen) atoms. The van der Waals surface area contributed by atoms with E-state index in [1.807, 2.05) is 30.5 Å². The van der Waals surface area contributed by atoms with E-state index in [9.17, 15) is 0 Å². The smallest absolute Gasteiger partial charge is 0.457 e. The van der Waals surface area contributed by atoms with E-state index in [2.05, 4.69) is 258 Å². The van der Waals surface area contributed by atoms with Crippen LogP contribution in [-0.2, 0) is 24.8 Å². The minimum Gasteiger partial charge on any atom is -0.457 e. The maximum atomic E-state index is 6.87. The van der Waals surface area contributed by atoms with Crippen molar-refractivity contribution in [2.45, 2.75) is 12.3 Å². The van der Waals surface area contributed by atoms with E-state index in [4.69, 9.17) is 14.5 Å². The van der Waals surface area contributed by atoms with Gasteiger partial charge in [0.25, 0.3) is 0 Å². The SMILES string of the molecule is Cc1ccnc(-n2c3[c-]c(Oc4[c-]c(-n5[c](=[Pt])n(-c6c(-c7ccccc7)cccc6-c6ccccc6)c6ccccc65)ccc4)ccc3c3cc4c(cc32)C2(c3ccccc3Oc3ccccc32)c2ccccc2-4)c1. The Morgan fingerprint density at radius 3 is 1.77 bits per heavy atom. The Bertz CT molecular complexity index is 4430. The Kier molecular flexibility index (Phi) is 9.85. The van der Waals surface area contributed by atoms with Crippen molar-refractivity contribution in [2.75, 3.05) is 0 Å². The second-order valence-corrected chi connectivity index (χ2v) is 20.3. The number of aryl methyl sites for hydroxylation is 1. The van der Waals surface area contributed by atoms with Gasteiger partial charge in [0.15, 0.2) is 0 Å². The van der Waals surface area contributed by atoms with Crippen molar-refractivity contribution in [3.8, 4) is 73.6 Å². The topological polar surface area (TPSA) is 46.1 Å². The predicted octanol–water partition coefficient (Wildman–Crippen LogP) is 16.5. The zero-order valence-corrected chi connectivity index (χ0v) is 42.7. The van der Waals surface area contributed by atoms with Crippen molar-refractivity contribution >= 4 is 32.8 Å². The van der Waals surface area contributed by atoms with E-state index >= 15 is 0 Å². The van der Waals surface area contributed by atoms with E-state index in [0.29, 0.717) is 11.5 Å². The van der Waals surface area contributed by atoms with Gasteiger partial charge in [-0.05, 0) is 52.9 Å². The van der Waals surface area contributed by atoms with Gasteiger partial charge in [0, 0.05) is 17.3 Å². The van der Waals surface area contributed by atoms with Gasteiger partial charge in [-0.25, -0.2) is 0 Å². The number of pyridine rings is 1. The first-order valence-corrected chi connectivity index (χ1v) is 26.2. The summed E-state index contributed by atoms with van der Waals surface area (Å²) in [6.45, 7) is 2.11. The molecule has 358 valence electrons. The molecule has 1 aliphatic carbocycles. The van der Waals surface area contributed by atoms with Crippen LogP contribution in [-0.4, -0.2) is 18.7 Å². The third-order valence-electron chi connectivity index (χ3n) is 15.1. The average molecular weight is 1140 g/mol. The van der Waals surface area contributed by atoms with Crippen LogP contribution in [0.4, 0.5) is 0 Å². The summed E-state index contributed by atoms with van der Waals surface area (Å²) in [5.74, 6) is 3.67. The fraction of sp³-hybridized carbons (Fsp3) is 0.0294. The van der Waals surface area contributed by atoms with Gasteiger partial charge < -0.3 is 4.74 Å². The Balaban J connectivity index is 0.895. The van der Waals surface area contributed by atoms with Crippen LogP contribution in [0, 0.1) is 22.9 Å². The van der Waals surface area contributed by atoms with Crippen LogP contribution in [0.25, 0.3) is 83.4 Å². The Morgan fingerprint density at radius 2 is 1.07 bits per heavy atom. The van der Waals surface area contributed by atoms with Crippen molar-refractivity contribution in [1.29, 1.82) is 0 Å². The molecule has 0 unspecified atom stereocenters. The third-order valence-corrected chi connectivity index (χ3v) is 16.1. The van der Waals surface area contributed by atoms with Crippen molar-refractivity contribution < 1.29 is 28.8 Å². The van der Waals surface area contributed by atoms with Crippen LogP contribution in [0.2, 0.25) is 0 Å². The van der Waals surface area contributed by atoms with Gasteiger partial charge in [0.1, 0.15) is 11.5 Å². The number of imidazole rings is 1. The van der Waals surface area contributed by atoms with Gasteiger partial charge in [-0.3, -0.25) is 0 Å². The predicted molar refractivity (Wildman–Crippen MR) is 295 cm³/mol.